The van der Waals surface area contributed by atoms with Crippen molar-refractivity contribution in [1.82, 2.24) is 9.13 Å². The van der Waals surface area contributed by atoms with Crippen molar-refractivity contribution >= 4 is 35.0 Å². The van der Waals surface area contributed by atoms with E-state index >= 15 is 0 Å². The SMILES string of the molecule is COC(=O)c1cccc(-n2c(C)cc(/C=c3\sc4n(c3=O)[C@@H](c3ccc(OC)cc3)C(C(=O)Nc3ccccc3)=C(C)N=4)c2C)c1C. The molecule has 0 saturated carbocycles. The number of ether oxygens (including phenoxy) is 2. The number of thiazole rings is 1. The van der Waals surface area contributed by atoms with E-state index in [0.29, 0.717) is 37.6 Å². The van der Waals surface area contributed by atoms with Gasteiger partial charge in [0.1, 0.15) is 5.75 Å². The molecule has 1 aliphatic heterocycles. The second-order valence-electron chi connectivity index (χ2n) is 11.3. The number of aromatic nitrogens is 2. The van der Waals surface area contributed by atoms with Crippen LogP contribution in [0.1, 0.15) is 51.4 Å². The van der Waals surface area contributed by atoms with Crippen molar-refractivity contribution in [2.75, 3.05) is 19.5 Å². The Kier molecular flexibility index (Phi) is 8.53. The number of hydrogen-bond donors (Lipinski definition) is 1. The monoisotopic (exact) mass is 646 g/mol. The van der Waals surface area contributed by atoms with Gasteiger partial charge in [0.2, 0.25) is 0 Å². The van der Waals surface area contributed by atoms with Crippen molar-refractivity contribution in [3.05, 3.63) is 143 Å². The summed E-state index contributed by atoms with van der Waals surface area (Å²) in [5, 5.41) is 2.98. The Bertz CT molecular complexity index is 2240. The van der Waals surface area contributed by atoms with Crippen LogP contribution in [0.4, 0.5) is 5.69 Å². The number of fused-ring (bicyclic) bond motifs is 1. The fourth-order valence-electron chi connectivity index (χ4n) is 6.08. The van der Waals surface area contributed by atoms with E-state index in [9.17, 15) is 14.4 Å². The first-order chi connectivity index (χ1) is 22.6. The van der Waals surface area contributed by atoms with Gasteiger partial charge in [-0.3, -0.25) is 14.2 Å². The second-order valence-corrected chi connectivity index (χ2v) is 12.3. The lowest BCUT2D eigenvalue weighted by Gasteiger charge is -2.25. The molecule has 0 saturated heterocycles. The average molecular weight is 647 g/mol. The lowest BCUT2D eigenvalue weighted by Crippen LogP contribution is -2.40. The normalized spacial score (nSPS) is 14.4. The number of aryl methyl sites for hydroxylation is 1. The summed E-state index contributed by atoms with van der Waals surface area (Å²) in [4.78, 5) is 45.8. The average Bonchev–Trinajstić information content (AvgIpc) is 3.53. The van der Waals surface area contributed by atoms with Crippen molar-refractivity contribution < 1.29 is 19.1 Å². The molecule has 3 heterocycles. The predicted molar refractivity (Wildman–Crippen MR) is 183 cm³/mol. The molecule has 1 amide bonds. The van der Waals surface area contributed by atoms with E-state index in [0.717, 1.165) is 33.8 Å². The highest BCUT2D eigenvalue weighted by molar-refractivity contribution is 7.07. The fraction of sp³-hybridized carbons (Fsp3) is 0.189. The fourth-order valence-corrected chi connectivity index (χ4v) is 7.11. The van der Waals surface area contributed by atoms with Gasteiger partial charge in [-0.15, -0.1) is 0 Å². The Balaban J connectivity index is 1.48. The number of anilines is 1. The number of amides is 1. The van der Waals surface area contributed by atoms with Crippen molar-refractivity contribution in [2.45, 2.75) is 33.7 Å². The molecule has 0 radical (unpaired) electrons. The number of carbonyl (C=O) groups is 2. The summed E-state index contributed by atoms with van der Waals surface area (Å²) >= 11 is 1.28. The molecule has 6 rings (SSSR count). The molecule has 0 aliphatic carbocycles. The largest absolute Gasteiger partial charge is 0.497 e. The summed E-state index contributed by atoms with van der Waals surface area (Å²) in [5.74, 6) is -0.0628. The van der Waals surface area contributed by atoms with Crippen LogP contribution in [0.5, 0.6) is 5.75 Å². The van der Waals surface area contributed by atoms with E-state index in [4.69, 9.17) is 14.5 Å². The standard InChI is InChI=1S/C37H34N4O5S/c1-21-19-26(24(4)40(21)30-14-10-13-29(22(30)2)36(44)46-6)20-31-35(43)41-33(25-15-17-28(45-5)18-16-25)32(23(3)38-37(41)47-31)34(42)39-27-11-8-7-9-12-27/h7-20,33H,1-6H3,(H,39,42)/b31-20-/t33-/m0/s1. The molecule has 2 aromatic heterocycles. The zero-order valence-electron chi connectivity index (χ0n) is 27.0. The van der Waals surface area contributed by atoms with Crippen LogP contribution in [-0.2, 0) is 9.53 Å². The molecule has 1 N–H and O–H groups in total. The number of nitrogens with one attached hydrogen (secondary N) is 1. The molecule has 0 unspecified atom stereocenters. The van der Waals surface area contributed by atoms with E-state index < -0.39 is 12.0 Å². The lowest BCUT2D eigenvalue weighted by atomic mass is 9.95. The molecular weight excluding hydrogens is 612 g/mol. The molecule has 238 valence electrons. The Morgan fingerprint density at radius 1 is 0.936 bits per heavy atom. The van der Waals surface area contributed by atoms with Gasteiger partial charge < -0.3 is 19.4 Å². The van der Waals surface area contributed by atoms with Crippen LogP contribution in [0.3, 0.4) is 0 Å². The molecule has 0 fully saturated rings. The highest BCUT2D eigenvalue weighted by atomic mass is 32.1. The molecular formula is C37H34N4O5S. The van der Waals surface area contributed by atoms with Gasteiger partial charge in [0, 0.05) is 22.8 Å². The maximum Gasteiger partial charge on any atom is 0.338 e. The maximum absolute atomic E-state index is 14.3. The number of para-hydroxylation sites is 1. The van der Waals surface area contributed by atoms with Crippen molar-refractivity contribution in [3.8, 4) is 11.4 Å². The number of allylic oxidation sites excluding steroid dienone is 1. The molecule has 10 heteroatoms. The third kappa shape index (κ3) is 5.72. The number of hydrogen-bond acceptors (Lipinski definition) is 7. The van der Waals surface area contributed by atoms with Gasteiger partial charge in [-0.25, -0.2) is 9.79 Å². The van der Waals surface area contributed by atoms with Crippen LogP contribution in [-0.4, -0.2) is 35.2 Å². The van der Waals surface area contributed by atoms with Gasteiger partial charge in [0.05, 0.1) is 41.6 Å². The van der Waals surface area contributed by atoms with Gasteiger partial charge in [0.15, 0.2) is 4.80 Å². The number of carbonyl (C=O) groups excluding carboxylic acids is 2. The number of benzene rings is 3. The smallest absolute Gasteiger partial charge is 0.338 e. The Hall–Kier alpha value is -5.48. The first-order valence-electron chi connectivity index (χ1n) is 15.0. The van der Waals surface area contributed by atoms with Crippen LogP contribution >= 0.6 is 11.3 Å². The van der Waals surface area contributed by atoms with Gasteiger partial charge in [-0.1, -0.05) is 47.7 Å². The Labute approximate surface area is 275 Å². The van der Waals surface area contributed by atoms with Gasteiger partial charge in [0.25, 0.3) is 11.5 Å². The van der Waals surface area contributed by atoms with Crippen LogP contribution in [0.25, 0.3) is 11.8 Å². The van der Waals surface area contributed by atoms with E-state index in [1.165, 1.54) is 18.4 Å². The molecule has 1 aliphatic rings. The Morgan fingerprint density at radius 3 is 2.34 bits per heavy atom. The minimum Gasteiger partial charge on any atom is -0.497 e. The number of nitrogens with zero attached hydrogens (tertiary/aromatic N) is 3. The molecule has 0 bridgehead atoms. The second kappa shape index (κ2) is 12.7. The van der Waals surface area contributed by atoms with Crippen LogP contribution in [0.2, 0.25) is 0 Å². The summed E-state index contributed by atoms with van der Waals surface area (Å²) < 4.78 is 14.5. The van der Waals surface area contributed by atoms with Crippen molar-refractivity contribution in [2.24, 2.45) is 4.99 Å². The molecule has 3 aromatic carbocycles. The van der Waals surface area contributed by atoms with E-state index in [-0.39, 0.29) is 11.5 Å². The number of esters is 1. The first kappa shape index (κ1) is 31.5. The van der Waals surface area contributed by atoms with Crippen LogP contribution in [0, 0.1) is 20.8 Å². The van der Waals surface area contributed by atoms with Crippen molar-refractivity contribution in [3.63, 3.8) is 0 Å². The van der Waals surface area contributed by atoms with Crippen LogP contribution < -0.4 is 24.9 Å². The predicted octanol–water partition coefficient (Wildman–Crippen LogP) is 5.39. The number of rotatable bonds is 7. The van der Waals surface area contributed by atoms with Gasteiger partial charge >= 0.3 is 5.97 Å². The minimum atomic E-state index is -0.709. The summed E-state index contributed by atoms with van der Waals surface area (Å²) in [6.45, 7) is 7.66. The Morgan fingerprint density at radius 2 is 1.66 bits per heavy atom. The zero-order chi connectivity index (χ0) is 33.4. The summed E-state index contributed by atoms with van der Waals surface area (Å²) in [7, 11) is 2.96. The lowest BCUT2D eigenvalue weighted by molar-refractivity contribution is -0.113. The number of methoxy groups -OCH3 is 2. The molecule has 9 nitrogen and oxygen atoms in total. The van der Waals surface area contributed by atoms with Crippen molar-refractivity contribution in [1.29, 1.82) is 0 Å². The topological polar surface area (TPSA) is 104 Å². The third-order valence-electron chi connectivity index (χ3n) is 8.44. The summed E-state index contributed by atoms with van der Waals surface area (Å²) in [6, 6.07) is 23.4. The highest BCUT2D eigenvalue weighted by Crippen LogP contribution is 2.32. The zero-order valence-corrected chi connectivity index (χ0v) is 27.8. The highest BCUT2D eigenvalue weighted by Gasteiger charge is 2.32. The molecule has 0 spiro atoms. The quantitative estimate of drug-likeness (QED) is 0.239. The summed E-state index contributed by atoms with van der Waals surface area (Å²) in [6.07, 6.45) is 1.87. The minimum absolute atomic E-state index is 0.249. The van der Waals surface area contributed by atoms with Gasteiger partial charge in [-0.05, 0) is 92.9 Å². The van der Waals surface area contributed by atoms with Gasteiger partial charge in [-0.2, -0.15) is 0 Å². The third-order valence-corrected chi connectivity index (χ3v) is 9.42. The molecule has 5 aromatic rings. The van der Waals surface area contributed by atoms with E-state index in [1.54, 1.807) is 24.7 Å². The van der Waals surface area contributed by atoms with Crippen LogP contribution in [0.15, 0.2) is 99.9 Å². The molecule has 1 atom stereocenters. The maximum atomic E-state index is 14.3. The first-order valence-corrected chi connectivity index (χ1v) is 15.8. The van der Waals surface area contributed by atoms with E-state index in [1.807, 2.05) is 99.6 Å². The molecule has 47 heavy (non-hydrogen) atoms. The van der Waals surface area contributed by atoms with E-state index in [2.05, 4.69) is 9.88 Å². The summed E-state index contributed by atoms with van der Waals surface area (Å²) in [5.41, 5.74) is 6.92.